The fourth-order valence-corrected chi connectivity index (χ4v) is 6.06. The number of rotatable bonds is 4. The van der Waals surface area contributed by atoms with Crippen molar-refractivity contribution < 1.29 is 14.3 Å². The number of nitrogens with zero attached hydrogens (tertiary/aromatic N) is 6. The third-order valence-corrected chi connectivity index (χ3v) is 8.27. The molecule has 39 heavy (non-hydrogen) atoms. The SMILES string of the molecule is COc1ccc2c(c1)CCN(C1CCN(c3cc(C(=O)N4CCc5ncc(Br)cc5C4)ncn3)CC1)C(=O)N2. The highest BCUT2D eigenvalue weighted by atomic mass is 79.9. The molecule has 0 aliphatic carbocycles. The molecule has 1 fully saturated rings. The Kier molecular flexibility index (Phi) is 7.07. The molecule has 3 aromatic rings. The zero-order chi connectivity index (χ0) is 26.9. The lowest BCUT2D eigenvalue weighted by atomic mass is 10.0. The van der Waals surface area contributed by atoms with Crippen molar-refractivity contribution in [2.24, 2.45) is 0 Å². The largest absolute Gasteiger partial charge is 0.497 e. The molecule has 3 amide bonds. The van der Waals surface area contributed by atoms with Crippen molar-refractivity contribution in [2.75, 3.05) is 43.5 Å². The number of carbonyl (C=O) groups is 2. The quantitative estimate of drug-likeness (QED) is 0.490. The van der Waals surface area contributed by atoms with Gasteiger partial charge in [0.1, 0.15) is 23.6 Å². The zero-order valence-electron chi connectivity index (χ0n) is 21.8. The summed E-state index contributed by atoms with van der Waals surface area (Å²) in [5.41, 5.74) is 4.42. The van der Waals surface area contributed by atoms with Crippen LogP contribution in [-0.2, 0) is 19.4 Å². The smallest absolute Gasteiger partial charge is 0.322 e. The van der Waals surface area contributed by atoms with Crippen molar-refractivity contribution in [2.45, 2.75) is 38.3 Å². The Balaban J connectivity index is 1.09. The van der Waals surface area contributed by atoms with Gasteiger partial charge in [0.2, 0.25) is 0 Å². The normalized spacial score (nSPS) is 17.7. The molecule has 0 atom stereocenters. The van der Waals surface area contributed by atoms with Gasteiger partial charge >= 0.3 is 6.03 Å². The summed E-state index contributed by atoms with van der Waals surface area (Å²) in [7, 11) is 1.65. The number of piperidine rings is 1. The number of amides is 3. The van der Waals surface area contributed by atoms with E-state index in [0.29, 0.717) is 25.3 Å². The van der Waals surface area contributed by atoms with Crippen LogP contribution >= 0.6 is 15.9 Å². The van der Waals surface area contributed by atoms with E-state index in [9.17, 15) is 9.59 Å². The fourth-order valence-electron chi connectivity index (χ4n) is 5.68. The number of aromatic nitrogens is 3. The lowest BCUT2D eigenvalue weighted by Gasteiger charge is -2.38. The van der Waals surface area contributed by atoms with Gasteiger partial charge in [-0.2, -0.15) is 0 Å². The second-order valence-corrected chi connectivity index (χ2v) is 11.0. The van der Waals surface area contributed by atoms with E-state index in [0.717, 1.165) is 77.3 Å². The molecule has 202 valence electrons. The second kappa shape index (κ2) is 10.8. The third kappa shape index (κ3) is 5.27. The monoisotopic (exact) mass is 591 g/mol. The molecule has 11 heteroatoms. The highest BCUT2D eigenvalue weighted by Crippen LogP contribution is 2.29. The van der Waals surface area contributed by atoms with Gasteiger partial charge in [-0.15, -0.1) is 0 Å². The number of benzene rings is 1. The van der Waals surface area contributed by atoms with E-state index in [1.807, 2.05) is 34.1 Å². The standard InChI is InChI=1S/C28H30BrN7O3/c1-39-22-2-3-24-18(13-22)4-11-36(28(38)33-24)21-5-8-34(9-6-21)26-14-25(31-17-32-26)27(37)35-10-7-23-19(16-35)12-20(29)15-30-23/h2-3,12-15,17,21H,4-11,16H2,1H3,(H,33,38). The van der Waals surface area contributed by atoms with E-state index in [4.69, 9.17) is 4.74 Å². The molecule has 1 saturated heterocycles. The van der Waals surface area contributed by atoms with Crippen molar-refractivity contribution in [3.63, 3.8) is 0 Å². The number of pyridine rings is 1. The number of hydrogen-bond donors (Lipinski definition) is 1. The molecule has 10 nitrogen and oxygen atoms in total. The van der Waals surface area contributed by atoms with Gasteiger partial charge in [0.25, 0.3) is 5.91 Å². The Hall–Kier alpha value is -3.73. The highest BCUT2D eigenvalue weighted by Gasteiger charge is 2.31. The van der Waals surface area contributed by atoms with Crippen LogP contribution in [0.2, 0.25) is 0 Å². The van der Waals surface area contributed by atoms with Gasteiger partial charge in [0.15, 0.2) is 0 Å². The average Bonchev–Trinajstić information content (AvgIpc) is 3.14. The number of nitrogens with one attached hydrogen (secondary N) is 1. The predicted molar refractivity (Wildman–Crippen MR) is 150 cm³/mol. The summed E-state index contributed by atoms with van der Waals surface area (Å²) in [5.74, 6) is 1.44. The zero-order valence-corrected chi connectivity index (χ0v) is 23.4. The maximum absolute atomic E-state index is 13.3. The molecule has 5 heterocycles. The van der Waals surface area contributed by atoms with Crippen LogP contribution in [0.3, 0.4) is 0 Å². The number of anilines is 2. The molecule has 1 N–H and O–H groups in total. The minimum Gasteiger partial charge on any atom is -0.497 e. The first-order valence-electron chi connectivity index (χ1n) is 13.2. The summed E-state index contributed by atoms with van der Waals surface area (Å²) in [6, 6.07) is 9.67. The fraction of sp³-hybridized carbons (Fsp3) is 0.393. The molecular formula is C28H30BrN7O3. The van der Waals surface area contributed by atoms with Gasteiger partial charge in [-0.3, -0.25) is 9.78 Å². The Morgan fingerprint density at radius 2 is 1.87 bits per heavy atom. The topological polar surface area (TPSA) is 104 Å². The van der Waals surface area contributed by atoms with Crippen molar-refractivity contribution in [3.8, 4) is 5.75 Å². The van der Waals surface area contributed by atoms with E-state index in [1.165, 1.54) is 6.33 Å². The van der Waals surface area contributed by atoms with Gasteiger partial charge in [0.05, 0.1) is 7.11 Å². The van der Waals surface area contributed by atoms with Crippen molar-refractivity contribution >= 4 is 39.4 Å². The van der Waals surface area contributed by atoms with Crippen LogP contribution in [0.5, 0.6) is 5.75 Å². The number of halogens is 1. The van der Waals surface area contributed by atoms with E-state index >= 15 is 0 Å². The molecule has 3 aliphatic heterocycles. The van der Waals surface area contributed by atoms with Crippen LogP contribution in [0.4, 0.5) is 16.3 Å². The highest BCUT2D eigenvalue weighted by molar-refractivity contribution is 9.10. The first-order chi connectivity index (χ1) is 19.0. The lowest BCUT2D eigenvalue weighted by molar-refractivity contribution is 0.0727. The molecule has 0 spiro atoms. The van der Waals surface area contributed by atoms with E-state index < -0.39 is 0 Å². The molecule has 0 unspecified atom stereocenters. The first-order valence-corrected chi connectivity index (χ1v) is 14.0. The maximum atomic E-state index is 13.3. The molecule has 0 radical (unpaired) electrons. The summed E-state index contributed by atoms with van der Waals surface area (Å²) in [4.78, 5) is 45.6. The number of ether oxygens (including phenoxy) is 1. The molecule has 2 aromatic heterocycles. The van der Waals surface area contributed by atoms with Crippen LogP contribution in [-0.4, -0.2) is 76.0 Å². The van der Waals surface area contributed by atoms with Gasteiger partial charge in [-0.1, -0.05) is 0 Å². The molecule has 1 aromatic carbocycles. The molecular weight excluding hydrogens is 562 g/mol. The van der Waals surface area contributed by atoms with E-state index in [1.54, 1.807) is 19.4 Å². The Labute approximate surface area is 235 Å². The van der Waals surface area contributed by atoms with Gasteiger partial charge in [0, 0.05) is 73.3 Å². The minimum absolute atomic E-state index is 0.0578. The Bertz CT molecular complexity index is 1410. The maximum Gasteiger partial charge on any atom is 0.322 e. The van der Waals surface area contributed by atoms with Gasteiger partial charge in [-0.05, 0) is 70.6 Å². The van der Waals surface area contributed by atoms with Crippen LogP contribution in [0, 0.1) is 0 Å². The minimum atomic E-state index is -0.100. The second-order valence-electron chi connectivity index (χ2n) is 10.1. The Morgan fingerprint density at radius 1 is 1.03 bits per heavy atom. The summed E-state index contributed by atoms with van der Waals surface area (Å²) >= 11 is 3.47. The Morgan fingerprint density at radius 3 is 2.69 bits per heavy atom. The van der Waals surface area contributed by atoms with Crippen molar-refractivity contribution in [1.29, 1.82) is 0 Å². The summed E-state index contributed by atoms with van der Waals surface area (Å²) in [6.07, 6.45) is 6.42. The number of urea groups is 1. The van der Waals surface area contributed by atoms with Gasteiger partial charge < -0.3 is 24.8 Å². The summed E-state index contributed by atoms with van der Waals surface area (Å²) < 4.78 is 6.26. The van der Waals surface area contributed by atoms with Crippen LogP contribution < -0.4 is 15.0 Å². The molecule has 0 bridgehead atoms. The third-order valence-electron chi connectivity index (χ3n) is 7.83. The molecule has 6 rings (SSSR count). The molecule has 0 saturated carbocycles. The number of carbonyl (C=O) groups excluding carboxylic acids is 2. The number of methoxy groups -OCH3 is 1. The van der Waals surface area contributed by atoms with Crippen LogP contribution in [0.25, 0.3) is 0 Å². The average molecular weight is 592 g/mol. The summed E-state index contributed by atoms with van der Waals surface area (Å²) in [6.45, 7) is 3.28. The van der Waals surface area contributed by atoms with Crippen molar-refractivity contribution in [3.05, 3.63) is 69.8 Å². The summed E-state index contributed by atoms with van der Waals surface area (Å²) in [5, 5.41) is 3.07. The van der Waals surface area contributed by atoms with E-state index in [2.05, 4.69) is 41.1 Å². The lowest BCUT2D eigenvalue weighted by Crippen LogP contribution is -2.49. The van der Waals surface area contributed by atoms with Crippen LogP contribution in [0.1, 0.15) is 40.2 Å². The number of hydrogen-bond acceptors (Lipinski definition) is 7. The van der Waals surface area contributed by atoms with E-state index in [-0.39, 0.29) is 18.0 Å². The van der Waals surface area contributed by atoms with Crippen molar-refractivity contribution in [1.82, 2.24) is 24.8 Å². The first kappa shape index (κ1) is 25.5. The van der Waals surface area contributed by atoms with Gasteiger partial charge in [-0.25, -0.2) is 14.8 Å². The predicted octanol–water partition coefficient (Wildman–Crippen LogP) is 3.90. The number of fused-ring (bicyclic) bond motifs is 2. The molecule has 3 aliphatic rings. The van der Waals surface area contributed by atoms with Crippen LogP contribution in [0.15, 0.2) is 47.3 Å².